The first-order chi connectivity index (χ1) is 12.2. The van der Waals surface area contributed by atoms with Crippen LogP contribution >= 0.6 is 0 Å². The SMILES string of the molecule is N#CCC(=O)N/N=C\c1ccc(OCC(=O)NC[C@H]2CCCO2)cc1. The van der Waals surface area contributed by atoms with Crippen LogP contribution in [0.15, 0.2) is 29.4 Å². The molecule has 0 saturated carbocycles. The second-order valence-corrected chi connectivity index (χ2v) is 5.42. The first-order valence-corrected chi connectivity index (χ1v) is 7.97. The highest BCUT2D eigenvalue weighted by atomic mass is 16.5. The molecule has 0 spiro atoms. The topological polar surface area (TPSA) is 113 Å². The molecule has 2 amide bonds. The molecule has 0 aromatic heterocycles. The summed E-state index contributed by atoms with van der Waals surface area (Å²) >= 11 is 0. The monoisotopic (exact) mass is 344 g/mol. The number of hydrogen-bond donors (Lipinski definition) is 2. The van der Waals surface area contributed by atoms with E-state index in [9.17, 15) is 9.59 Å². The van der Waals surface area contributed by atoms with Crippen molar-refractivity contribution in [2.75, 3.05) is 19.8 Å². The number of hydrogen-bond acceptors (Lipinski definition) is 6. The summed E-state index contributed by atoms with van der Waals surface area (Å²) in [6, 6.07) is 8.60. The zero-order valence-electron chi connectivity index (χ0n) is 13.7. The van der Waals surface area contributed by atoms with Crippen LogP contribution in [0.3, 0.4) is 0 Å². The molecule has 0 unspecified atom stereocenters. The van der Waals surface area contributed by atoms with E-state index in [1.54, 1.807) is 30.3 Å². The number of carbonyl (C=O) groups is 2. The van der Waals surface area contributed by atoms with Gasteiger partial charge in [0.05, 0.1) is 18.4 Å². The van der Waals surface area contributed by atoms with Crippen LogP contribution in [0.1, 0.15) is 24.8 Å². The molecule has 2 rings (SSSR count). The fourth-order valence-electron chi connectivity index (χ4n) is 2.17. The van der Waals surface area contributed by atoms with Crippen LogP contribution in [-0.4, -0.2) is 43.9 Å². The van der Waals surface area contributed by atoms with Gasteiger partial charge in [-0.1, -0.05) is 0 Å². The maximum Gasteiger partial charge on any atom is 0.258 e. The Labute approximate surface area is 145 Å². The maximum atomic E-state index is 11.7. The molecule has 132 valence electrons. The van der Waals surface area contributed by atoms with Crippen molar-refractivity contribution in [2.45, 2.75) is 25.4 Å². The summed E-state index contributed by atoms with van der Waals surface area (Å²) < 4.78 is 10.8. The number of rotatable bonds is 8. The molecule has 1 heterocycles. The third-order valence-electron chi connectivity index (χ3n) is 3.44. The van der Waals surface area contributed by atoms with Gasteiger partial charge in [-0.05, 0) is 42.7 Å². The fourth-order valence-corrected chi connectivity index (χ4v) is 2.17. The van der Waals surface area contributed by atoms with Crippen molar-refractivity contribution < 1.29 is 19.1 Å². The van der Waals surface area contributed by atoms with Crippen molar-refractivity contribution in [2.24, 2.45) is 5.10 Å². The molecule has 1 aliphatic rings. The largest absolute Gasteiger partial charge is 0.484 e. The number of ether oxygens (including phenoxy) is 2. The summed E-state index contributed by atoms with van der Waals surface area (Å²) in [7, 11) is 0. The highest BCUT2D eigenvalue weighted by Gasteiger charge is 2.16. The lowest BCUT2D eigenvalue weighted by Crippen LogP contribution is -2.35. The number of nitrogens with one attached hydrogen (secondary N) is 2. The first kappa shape index (κ1) is 18.4. The van der Waals surface area contributed by atoms with Crippen LogP contribution in [0, 0.1) is 11.3 Å². The van der Waals surface area contributed by atoms with E-state index in [4.69, 9.17) is 14.7 Å². The molecular formula is C17H20N4O4. The predicted molar refractivity (Wildman–Crippen MR) is 89.9 cm³/mol. The van der Waals surface area contributed by atoms with Gasteiger partial charge >= 0.3 is 0 Å². The molecular weight excluding hydrogens is 324 g/mol. The van der Waals surface area contributed by atoms with E-state index in [2.05, 4.69) is 15.8 Å². The zero-order chi connectivity index (χ0) is 17.9. The van der Waals surface area contributed by atoms with E-state index in [1.807, 2.05) is 0 Å². The third-order valence-corrected chi connectivity index (χ3v) is 3.44. The van der Waals surface area contributed by atoms with Gasteiger partial charge in [-0.2, -0.15) is 10.4 Å². The summed E-state index contributed by atoms with van der Waals surface area (Å²) in [5.74, 6) is -0.105. The van der Waals surface area contributed by atoms with Gasteiger partial charge < -0.3 is 14.8 Å². The minimum atomic E-state index is -0.465. The second-order valence-electron chi connectivity index (χ2n) is 5.42. The molecule has 0 bridgehead atoms. The average molecular weight is 344 g/mol. The second kappa shape index (κ2) is 10.1. The van der Waals surface area contributed by atoms with Gasteiger partial charge in [0.15, 0.2) is 6.61 Å². The molecule has 1 aromatic carbocycles. The molecule has 8 nitrogen and oxygen atoms in total. The molecule has 1 aliphatic heterocycles. The Kier molecular flexibility index (Phi) is 7.41. The molecule has 1 saturated heterocycles. The lowest BCUT2D eigenvalue weighted by Gasteiger charge is -2.11. The highest BCUT2D eigenvalue weighted by molar-refractivity contribution is 5.83. The number of hydrazone groups is 1. The van der Waals surface area contributed by atoms with E-state index >= 15 is 0 Å². The normalized spacial score (nSPS) is 16.4. The standard InChI is InChI=1S/C17H20N4O4/c18-8-7-16(22)21-20-10-13-3-5-14(6-4-13)25-12-17(23)19-11-15-2-1-9-24-15/h3-6,10,15H,1-2,7,9,11-12H2,(H,19,23)(H,21,22)/b20-10-/t15-/m1/s1. The summed E-state index contributed by atoms with van der Waals surface area (Å²) in [5, 5.41) is 14.9. The van der Waals surface area contributed by atoms with Crippen LogP contribution in [0.2, 0.25) is 0 Å². The van der Waals surface area contributed by atoms with Gasteiger partial charge in [-0.15, -0.1) is 0 Å². The average Bonchev–Trinajstić information content (AvgIpc) is 3.13. The number of nitriles is 1. The van der Waals surface area contributed by atoms with Gasteiger partial charge in [-0.25, -0.2) is 5.43 Å². The van der Waals surface area contributed by atoms with E-state index in [-0.39, 0.29) is 25.0 Å². The summed E-state index contributed by atoms with van der Waals surface area (Å²) in [6.45, 7) is 1.20. The van der Waals surface area contributed by atoms with Gasteiger partial charge in [0, 0.05) is 13.2 Å². The predicted octanol–water partition coefficient (Wildman–Crippen LogP) is 0.724. The Bertz CT molecular complexity index is 646. The van der Waals surface area contributed by atoms with Gasteiger partial charge in [0.1, 0.15) is 12.2 Å². The van der Waals surface area contributed by atoms with E-state index < -0.39 is 5.91 Å². The number of nitrogens with zero attached hydrogens (tertiary/aromatic N) is 2. The van der Waals surface area contributed by atoms with Crippen molar-refractivity contribution in [3.05, 3.63) is 29.8 Å². The highest BCUT2D eigenvalue weighted by Crippen LogP contribution is 2.12. The van der Waals surface area contributed by atoms with Crippen LogP contribution < -0.4 is 15.5 Å². The van der Waals surface area contributed by atoms with Gasteiger partial charge in [-0.3, -0.25) is 9.59 Å². The van der Waals surface area contributed by atoms with Crippen molar-refractivity contribution in [3.8, 4) is 11.8 Å². The fraction of sp³-hybridized carbons (Fsp3) is 0.412. The van der Waals surface area contributed by atoms with Crippen LogP contribution in [0.25, 0.3) is 0 Å². The van der Waals surface area contributed by atoms with Crippen molar-refractivity contribution in [1.82, 2.24) is 10.7 Å². The Balaban J connectivity index is 1.68. The minimum Gasteiger partial charge on any atom is -0.484 e. The summed E-state index contributed by atoms with van der Waals surface area (Å²) in [4.78, 5) is 22.8. The van der Waals surface area contributed by atoms with Gasteiger partial charge in [0.2, 0.25) is 0 Å². The summed E-state index contributed by atoms with van der Waals surface area (Å²) in [6.07, 6.45) is 3.33. The molecule has 1 fully saturated rings. The third kappa shape index (κ3) is 7.01. The Morgan fingerprint density at radius 3 is 2.84 bits per heavy atom. The number of amides is 2. The number of carbonyl (C=O) groups excluding carboxylic acids is 2. The lowest BCUT2D eigenvalue weighted by molar-refractivity contribution is -0.123. The molecule has 0 aliphatic carbocycles. The smallest absolute Gasteiger partial charge is 0.258 e. The van der Waals surface area contributed by atoms with Crippen LogP contribution in [-0.2, 0) is 14.3 Å². The Morgan fingerprint density at radius 2 is 2.16 bits per heavy atom. The van der Waals surface area contributed by atoms with E-state index in [1.165, 1.54) is 6.21 Å². The molecule has 0 radical (unpaired) electrons. The minimum absolute atomic E-state index is 0.0651. The van der Waals surface area contributed by atoms with Crippen LogP contribution in [0.4, 0.5) is 0 Å². The summed E-state index contributed by atoms with van der Waals surface area (Å²) in [5.41, 5.74) is 2.98. The Morgan fingerprint density at radius 1 is 1.36 bits per heavy atom. The quantitative estimate of drug-likeness (QED) is 0.533. The van der Waals surface area contributed by atoms with Gasteiger partial charge in [0.25, 0.3) is 11.8 Å². The van der Waals surface area contributed by atoms with Crippen molar-refractivity contribution in [3.63, 3.8) is 0 Å². The zero-order valence-corrected chi connectivity index (χ0v) is 13.7. The first-order valence-electron chi connectivity index (χ1n) is 7.97. The maximum absolute atomic E-state index is 11.7. The van der Waals surface area contributed by atoms with Crippen molar-refractivity contribution >= 4 is 18.0 Å². The van der Waals surface area contributed by atoms with Crippen LogP contribution in [0.5, 0.6) is 5.75 Å². The molecule has 8 heteroatoms. The Hall–Kier alpha value is -2.92. The molecule has 1 aromatic rings. The van der Waals surface area contributed by atoms with E-state index in [0.29, 0.717) is 12.3 Å². The molecule has 2 N–H and O–H groups in total. The van der Waals surface area contributed by atoms with E-state index in [0.717, 1.165) is 25.0 Å². The van der Waals surface area contributed by atoms with Crippen molar-refractivity contribution in [1.29, 1.82) is 5.26 Å². The molecule has 1 atom stereocenters. The number of benzene rings is 1. The molecule has 25 heavy (non-hydrogen) atoms. The lowest BCUT2D eigenvalue weighted by atomic mass is 10.2.